The molecule has 164 valence electrons. The first kappa shape index (κ1) is 24.9. The van der Waals surface area contributed by atoms with E-state index in [1.165, 1.54) is 6.08 Å². The zero-order valence-corrected chi connectivity index (χ0v) is 18.2. The van der Waals surface area contributed by atoms with Crippen LogP contribution in [0.2, 0.25) is 0 Å². The Morgan fingerprint density at radius 2 is 1.70 bits per heavy atom. The molecule has 0 radical (unpaired) electrons. The van der Waals surface area contributed by atoms with Crippen LogP contribution < -0.4 is 16.0 Å². The molecule has 0 unspecified atom stereocenters. The molecule has 0 aliphatic heterocycles. The molecule has 1 aromatic carbocycles. The maximum Gasteiger partial charge on any atom is 0.329 e. The number of nitrogens with one attached hydrogen (secondary N) is 3. The van der Waals surface area contributed by atoms with Gasteiger partial charge in [-0.1, -0.05) is 52.8 Å². The van der Waals surface area contributed by atoms with Crippen LogP contribution in [0.15, 0.2) is 36.9 Å². The number of amides is 4. The maximum absolute atomic E-state index is 12.5. The van der Waals surface area contributed by atoms with Gasteiger partial charge in [-0.15, -0.1) is 6.58 Å². The molecule has 0 aromatic heterocycles. The van der Waals surface area contributed by atoms with Crippen LogP contribution in [0.5, 0.6) is 0 Å². The van der Waals surface area contributed by atoms with Crippen molar-refractivity contribution < 1.29 is 23.9 Å². The first-order valence-electron chi connectivity index (χ1n) is 9.72. The maximum atomic E-state index is 12.5. The van der Waals surface area contributed by atoms with Crippen molar-refractivity contribution >= 4 is 23.8 Å². The van der Waals surface area contributed by atoms with Crippen LogP contribution >= 0.6 is 0 Å². The molecule has 0 aliphatic carbocycles. The molecule has 0 saturated carbocycles. The van der Waals surface area contributed by atoms with Gasteiger partial charge in [-0.25, -0.2) is 9.59 Å². The van der Waals surface area contributed by atoms with Crippen LogP contribution in [0.25, 0.3) is 0 Å². The lowest BCUT2D eigenvalue weighted by Gasteiger charge is -2.22. The minimum Gasteiger partial charge on any atom is -0.454 e. The minimum absolute atomic E-state index is 0.0392. The molecule has 8 heteroatoms. The number of esters is 1. The van der Waals surface area contributed by atoms with Crippen molar-refractivity contribution in [2.75, 3.05) is 13.2 Å². The van der Waals surface area contributed by atoms with E-state index in [0.29, 0.717) is 5.56 Å². The summed E-state index contributed by atoms with van der Waals surface area (Å²) in [6, 6.07) is 5.49. The van der Waals surface area contributed by atoms with Gasteiger partial charge in [0.25, 0.3) is 11.8 Å². The minimum atomic E-state index is -0.942. The Balaban J connectivity index is 2.67. The van der Waals surface area contributed by atoms with E-state index in [-0.39, 0.29) is 17.9 Å². The highest BCUT2D eigenvalue weighted by Gasteiger charge is 2.27. The van der Waals surface area contributed by atoms with Crippen molar-refractivity contribution in [2.45, 2.75) is 46.1 Å². The van der Waals surface area contributed by atoms with E-state index in [0.717, 1.165) is 5.56 Å². The lowest BCUT2D eigenvalue weighted by Crippen LogP contribution is -2.47. The van der Waals surface area contributed by atoms with Gasteiger partial charge >= 0.3 is 12.0 Å². The third-order valence-electron chi connectivity index (χ3n) is 4.23. The van der Waals surface area contributed by atoms with Crippen LogP contribution in [0, 0.1) is 5.92 Å². The number of benzene rings is 1. The number of hydrogen-bond acceptors (Lipinski definition) is 5. The lowest BCUT2D eigenvalue weighted by atomic mass is 9.86. The Labute approximate surface area is 177 Å². The Hall–Kier alpha value is -3.16. The van der Waals surface area contributed by atoms with Gasteiger partial charge in [0.15, 0.2) is 6.61 Å². The molecule has 3 N–H and O–H groups in total. The van der Waals surface area contributed by atoms with Gasteiger partial charge in [-0.05, 0) is 29.0 Å². The van der Waals surface area contributed by atoms with Gasteiger partial charge in [0, 0.05) is 12.1 Å². The number of urea groups is 1. The summed E-state index contributed by atoms with van der Waals surface area (Å²) in [5, 5.41) is 7.03. The summed E-state index contributed by atoms with van der Waals surface area (Å²) in [4.78, 5) is 48.0. The molecular formula is C22H31N3O5. The quantitative estimate of drug-likeness (QED) is 0.444. The van der Waals surface area contributed by atoms with Crippen LogP contribution in [-0.4, -0.2) is 43.0 Å². The largest absolute Gasteiger partial charge is 0.454 e. The van der Waals surface area contributed by atoms with Crippen molar-refractivity contribution in [3.63, 3.8) is 0 Å². The van der Waals surface area contributed by atoms with Gasteiger partial charge < -0.3 is 15.4 Å². The molecule has 0 fully saturated rings. The Morgan fingerprint density at radius 3 is 2.20 bits per heavy atom. The fraction of sp³-hybridized carbons (Fsp3) is 0.455. The molecule has 4 amide bonds. The van der Waals surface area contributed by atoms with E-state index in [4.69, 9.17) is 4.74 Å². The summed E-state index contributed by atoms with van der Waals surface area (Å²) >= 11 is 0. The second-order valence-corrected chi connectivity index (χ2v) is 8.18. The second-order valence-electron chi connectivity index (χ2n) is 8.18. The number of imide groups is 1. The molecular weight excluding hydrogens is 386 g/mol. The fourth-order valence-electron chi connectivity index (χ4n) is 2.44. The average Bonchev–Trinajstić information content (AvgIpc) is 2.67. The number of ether oxygens (including phenoxy) is 1. The third kappa shape index (κ3) is 8.06. The van der Waals surface area contributed by atoms with Gasteiger partial charge in [-0.3, -0.25) is 14.9 Å². The number of rotatable bonds is 8. The predicted octanol–water partition coefficient (Wildman–Crippen LogP) is 2.29. The van der Waals surface area contributed by atoms with E-state index in [9.17, 15) is 19.2 Å². The zero-order valence-electron chi connectivity index (χ0n) is 18.2. The van der Waals surface area contributed by atoms with Crippen molar-refractivity contribution in [3.05, 3.63) is 48.0 Å². The SMILES string of the molecule is C=CCNC(=O)NC(=O)COC(=O)[C@@H](NC(=O)c1ccc(C(C)(C)C)cc1)C(C)C. The molecule has 30 heavy (non-hydrogen) atoms. The molecule has 8 nitrogen and oxygen atoms in total. The van der Waals surface area contributed by atoms with Crippen molar-refractivity contribution in [2.24, 2.45) is 5.92 Å². The summed E-state index contributed by atoms with van der Waals surface area (Å²) in [7, 11) is 0. The van der Waals surface area contributed by atoms with Crippen LogP contribution in [-0.2, 0) is 19.7 Å². The normalized spacial score (nSPS) is 11.9. The third-order valence-corrected chi connectivity index (χ3v) is 4.23. The molecule has 0 aliphatic rings. The van der Waals surface area contributed by atoms with Gasteiger partial charge in [0.05, 0.1) is 0 Å². The van der Waals surface area contributed by atoms with Crippen molar-refractivity contribution in [3.8, 4) is 0 Å². The first-order chi connectivity index (χ1) is 14.0. The van der Waals surface area contributed by atoms with Crippen molar-refractivity contribution in [1.82, 2.24) is 16.0 Å². The van der Waals surface area contributed by atoms with Crippen molar-refractivity contribution in [1.29, 1.82) is 0 Å². The fourth-order valence-corrected chi connectivity index (χ4v) is 2.44. The van der Waals surface area contributed by atoms with Gasteiger partial charge in [-0.2, -0.15) is 0 Å². The van der Waals surface area contributed by atoms with Crippen LogP contribution in [0.3, 0.4) is 0 Å². The topological polar surface area (TPSA) is 114 Å². The summed E-state index contributed by atoms with van der Waals surface area (Å²) < 4.78 is 4.97. The molecule has 1 aromatic rings. The summed E-state index contributed by atoms with van der Waals surface area (Å²) in [6.07, 6.45) is 1.46. The molecule has 0 saturated heterocycles. The standard InChI is InChI=1S/C22H31N3O5/c1-7-12-23-21(29)24-17(26)13-30-20(28)18(14(2)3)25-19(27)15-8-10-16(11-9-15)22(4,5)6/h7-11,14,18H,1,12-13H2,2-6H3,(H,25,27)(H2,23,24,26,29)/t18-/m0/s1. The summed E-state index contributed by atoms with van der Waals surface area (Å²) in [5.74, 6) is -2.23. The Bertz CT molecular complexity index is 779. The molecule has 0 spiro atoms. The second kappa shape index (κ2) is 11.1. The number of carbonyl (C=O) groups excluding carboxylic acids is 4. The van der Waals surface area contributed by atoms with E-state index in [2.05, 4.69) is 38.0 Å². The molecule has 1 rings (SSSR count). The predicted molar refractivity (Wildman–Crippen MR) is 114 cm³/mol. The van der Waals surface area contributed by atoms with Crippen LogP contribution in [0.1, 0.15) is 50.5 Å². The monoisotopic (exact) mass is 417 g/mol. The Morgan fingerprint density at radius 1 is 1.10 bits per heavy atom. The highest BCUT2D eigenvalue weighted by atomic mass is 16.5. The number of carbonyl (C=O) groups is 4. The van der Waals surface area contributed by atoms with Crippen LogP contribution in [0.4, 0.5) is 4.79 Å². The average molecular weight is 418 g/mol. The zero-order chi connectivity index (χ0) is 22.9. The van der Waals surface area contributed by atoms with Gasteiger partial charge in [0.1, 0.15) is 6.04 Å². The van der Waals surface area contributed by atoms with E-state index >= 15 is 0 Å². The van der Waals surface area contributed by atoms with E-state index in [1.807, 2.05) is 17.4 Å². The first-order valence-corrected chi connectivity index (χ1v) is 9.72. The van der Waals surface area contributed by atoms with E-state index < -0.39 is 36.5 Å². The van der Waals surface area contributed by atoms with Gasteiger partial charge in [0.2, 0.25) is 0 Å². The smallest absolute Gasteiger partial charge is 0.329 e. The molecule has 1 atom stereocenters. The highest BCUT2D eigenvalue weighted by Crippen LogP contribution is 2.22. The highest BCUT2D eigenvalue weighted by molar-refractivity contribution is 5.98. The molecule has 0 bridgehead atoms. The molecule has 0 heterocycles. The Kier molecular flexibility index (Phi) is 9.23. The summed E-state index contributed by atoms with van der Waals surface area (Å²) in [6.45, 7) is 12.7. The lowest BCUT2D eigenvalue weighted by molar-refractivity contribution is -0.151. The summed E-state index contributed by atoms with van der Waals surface area (Å²) in [5.41, 5.74) is 1.46. The number of hydrogen-bond donors (Lipinski definition) is 3. The van der Waals surface area contributed by atoms with E-state index in [1.54, 1.807) is 26.0 Å².